The standard InChI is InChI=1S/C26H43NO4/c1-24(2)12-9-20-25(3,19(24)11-14-27-15-16-29-23(27)28)13-10-21-26(20,4)17-30-22(31-21)18-7-5-6-8-18/h18-22H,5-17H2,1-4H3/t19-,20?,21-,22-,25+,26+/m1/s1. The zero-order valence-corrected chi connectivity index (χ0v) is 20.2. The van der Waals surface area contributed by atoms with E-state index < -0.39 is 0 Å². The Kier molecular flexibility index (Phi) is 5.61. The number of rotatable bonds is 4. The first-order valence-electron chi connectivity index (χ1n) is 12.9. The highest BCUT2D eigenvalue weighted by atomic mass is 16.7. The van der Waals surface area contributed by atoms with Gasteiger partial charge in [0, 0.05) is 17.9 Å². The van der Waals surface area contributed by atoms with E-state index >= 15 is 0 Å². The van der Waals surface area contributed by atoms with Crippen LogP contribution in [0.4, 0.5) is 4.79 Å². The molecule has 5 nitrogen and oxygen atoms in total. The number of fused-ring (bicyclic) bond motifs is 3. The largest absolute Gasteiger partial charge is 0.448 e. The van der Waals surface area contributed by atoms with E-state index in [1.165, 1.54) is 44.9 Å². The molecule has 0 bridgehead atoms. The molecular formula is C26H43NO4. The van der Waals surface area contributed by atoms with Crippen LogP contribution in [0.2, 0.25) is 0 Å². The molecule has 31 heavy (non-hydrogen) atoms. The zero-order valence-electron chi connectivity index (χ0n) is 20.2. The van der Waals surface area contributed by atoms with E-state index in [0.717, 1.165) is 32.5 Å². The SMILES string of the molecule is CC1(C)CCC2[C@]3(C)CO[C@@H](C4CCCC4)O[C@@H]3CC[C@@]2(C)[C@@H]1CCN1CCOC1=O. The summed E-state index contributed by atoms with van der Waals surface area (Å²) in [6.07, 6.45) is 11.4. The quantitative estimate of drug-likeness (QED) is 0.577. The predicted molar refractivity (Wildman–Crippen MR) is 120 cm³/mol. The first kappa shape index (κ1) is 22.0. The molecule has 6 atom stereocenters. The van der Waals surface area contributed by atoms with Crippen LogP contribution in [0, 0.1) is 34.0 Å². The summed E-state index contributed by atoms with van der Waals surface area (Å²) in [7, 11) is 0. The van der Waals surface area contributed by atoms with Crippen LogP contribution in [0.15, 0.2) is 0 Å². The van der Waals surface area contributed by atoms with Gasteiger partial charge in [-0.3, -0.25) is 0 Å². The Morgan fingerprint density at radius 3 is 2.48 bits per heavy atom. The maximum Gasteiger partial charge on any atom is 0.409 e. The Labute approximate surface area is 188 Å². The summed E-state index contributed by atoms with van der Waals surface area (Å²) in [4.78, 5) is 13.9. The van der Waals surface area contributed by atoms with Crippen LogP contribution in [0.5, 0.6) is 0 Å². The van der Waals surface area contributed by atoms with Gasteiger partial charge in [-0.1, -0.05) is 40.5 Å². The molecule has 1 amide bonds. The second-order valence-corrected chi connectivity index (χ2v) is 12.4. The van der Waals surface area contributed by atoms with Crippen LogP contribution in [-0.4, -0.2) is 49.7 Å². The summed E-state index contributed by atoms with van der Waals surface area (Å²) >= 11 is 0. The Balaban J connectivity index is 1.34. The molecule has 0 N–H and O–H groups in total. The Hall–Kier alpha value is -0.810. The van der Waals surface area contributed by atoms with Crippen molar-refractivity contribution in [3.8, 4) is 0 Å². The highest BCUT2D eigenvalue weighted by Gasteiger charge is 2.62. The lowest BCUT2D eigenvalue weighted by Crippen LogP contribution is -2.63. The van der Waals surface area contributed by atoms with Crippen molar-refractivity contribution >= 4 is 6.09 Å². The number of hydrogen-bond acceptors (Lipinski definition) is 4. The van der Waals surface area contributed by atoms with Gasteiger partial charge in [-0.2, -0.15) is 0 Å². The van der Waals surface area contributed by atoms with Gasteiger partial charge in [-0.05, 0) is 67.6 Å². The molecule has 0 aromatic rings. The molecular weight excluding hydrogens is 390 g/mol. The van der Waals surface area contributed by atoms with E-state index in [0.29, 0.717) is 35.9 Å². The van der Waals surface area contributed by atoms with Crippen molar-refractivity contribution in [3.05, 3.63) is 0 Å². The van der Waals surface area contributed by atoms with Crippen molar-refractivity contribution in [2.75, 3.05) is 26.3 Å². The van der Waals surface area contributed by atoms with Crippen molar-refractivity contribution in [2.24, 2.45) is 34.0 Å². The summed E-state index contributed by atoms with van der Waals surface area (Å²) in [5, 5.41) is 0. The monoisotopic (exact) mass is 433 g/mol. The van der Waals surface area contributed by atoms with Gasteiger partial charge in [-0.15, -0.1) is 0 Å². The molecule has 5 aliphatic rings. The molecule has 2 heterocycles. The first-order valence-corrected chi connectivity index (χ1v) is 12.9. The molecule has 0 spiro atoms. The summed E-state index contributed by atoms with van der Waals surface area (Å²) < 4.78 is 18.4. The molecule has 176 valence electrons. The molecule has 1 unspecified atom stereocenters. The van der Waals surface area contributed by atoms with E-state index in [1.807, 2.05) is 4.90 Å². The third kappa shape index (κ3) is 3.62. The molecule has 2 saturated heterocycles. The maximum atomic E-state index is 12.0. The number of carbonyl (C=O) groups excluding carboxylic acids is 1. The molecule has 3 aliphatic carbocycles. The van der Waals surface area contributed by atoms with Crippen molar-refractivity contribution in [3.63, 3.8) is 0 Å². The van der Waals surface area contributed by atoms with Crippen molar-refractivity contribution in [2.45, 2.75) is 97.9 Å². The number of cyclic esters (lactones) is 1. The van der Waals surface area contributed by atoms with Crippen LogP contribution in [-0.2, 0) is 14.2 Å². The number of ether oxygens (including phenoxy) is 3. The topological polar surface area (TPSA) is 48.0 Å². The third-order valence-corrected chi connectivity index (χ3v) is 10.3. The van der Waals surface area contributed by atoms with Gasteiger partial charge in [0.1, 0.15) is 6.61 Å². The number of nitrogens with zero attached hydrogens (tertiary/aromatic N) is 1. The Bertz CT molecular complexity index is 689. The first-order chi connectivity index (χ1) is 14.7. The van der Waals surface area contributed by atoms with Gasteiger partial charge in [0.15, 0.2) is 6.29 Å². The Morgan fingerprint density at radius 1 is 1.00 bits per heavy atom. The minimum atomic E-state index is -0.127. The number of carbonyl (C=O) groups is 1. The van der Waals surface area contributed by atoms with E-state index in [2.05, 4.69) is 27.7 Å². The lowest BCUT2D eigenvalue weighted by Gasteiger charge is -2.65. The average Bonchev–Trinajstić information content (AvgIpc) is 3.38. The molecule has 0 aromatic carbocycles. The minimum Gasteiger partial charge on any atom is -0.448 e. The van der Waals surface area contributed by atoms with Gasteiger partial charge in [-0.25, -0.2) is 4.79 Å². The smallest absolute Gasteiger partial charge is 0.409 e. The maximum absolute atomic E-state index is 12.0. The van der Waals surface area contributed by atoms with Crippen molar-refractivity contribution in [1.82, 2.24) is 4.90 Å². The van der Waals surface area contributed by atoms with Crippen molar-refractivity contribution in [1.29, 1.82) is 0 Å². The van der Waals surface area contributed by atoms with Gasteiger partial charge < -0.3 is 19.1 Å². The Morgan fingerprint density at radius 2 is 1.77 bits per heavy atom. The van der Waals surface area contributed by atoms with Crippen LogP contribution >= 0.6 is 0 Å². The fraction of sp³-hybridized carbons (Fsp3) is 0.962. The van der Waals surface area contributed by atoms with Gasteiger partial charge in [0.25, 0.3) is 0 Å². The van der Waals surface area contributed by atoms with Crippen LogP contribution < -0.4 is 0 Å². The second kappa shape index (κ2) is 7.90. The van der Waals surface area contributed by atoms with Crippen LogP contribution in [0.25, 0.3) is 0 Å². The van der Waals surface area contributed by atoms with Gasteiger partial charge >= 0.3 is 6.09 Å². The number of amides is 1. The van der Waals surface area contributed by atoms with E-state index in [-0.39, 0.29) is 23.2 Å². The lowest BCUT2D eigenvalue weighted by molar-refractivity contribution is -0.322. The summed E-state index contributed by atoms with van der Waals surface area (Å²) in [6, 6.07) is 0. The van der Waals surface area contributed by atoms with E-state index in [4.69, 9.17) is 14.2 Å². The number of hydrogen-bond donors (Lipinski definition) is 0. The van der Waals surface area contributed by atoms with Crippen molar-refractivity contribution < 1.29 is 19.0 Å². The third-order valence-electron chi connectivity index (χ3n) is 10.3. The molecule has 0 aromatic heterocycles. The normalized spacial score (nSPS) is 45.3. The van der Waals surface area contributed by atoms with E-state index in [1.54, 1.807) is 0 Å². The minimum absolute atomic E-state index is 0.0296. The highest BCUT2D eigenvalue weighted by molar-refractivity contribution is 5.69. The lowest BCUT2D eigenvalue weighted by atomic mass is 9.42. The summed E-state index contributed by atoms with van der Waals surface area (Å²) in [5.41, 5.74) is 0.661. The molecule has 5 fully saturated rings. The fourth-order valence-corrected chi connectivity index (χ4v) is 8.57. The highest BCUT2D eigenvalue weighted by Crippen LogP contribution is 2.66. The molecule has 0 radical (unpaired) electrons. The molecule has 2 aliphatic heterocycles. The second-order valence-electron chi connectivity index (χ2n) is 12.4. The van der Waals surface area contributed by atoms with E-state index in [9.17, 15) is 4.79 Å². The molecule has 3 saturated carbocycles. The van der Waals surface area contributed by atoms with Crippen LogP contribution in [0.1, 0.15) is 85.5 Å². The summed E-state index contributed by atoms with van der Waals surface area (Å²) in [6.45, 7) is 12.9. The molecule has 5 heteroatoms. The van der Waals surface area contributed by atoms with Gasteiger partial charge in [0.05, 0.1) is 19.3 Å². The molecule has 5 rings (SSSR count). The fourth-order valence-electron chi connectivity index (χ4n) is 8.57. The average molecular weight is 434 g/mol. The predicted octanol–water partition coefficient (Wildman–Crippen LogP) is 5.62. The van der Waals surface area contributed by atoms with Crippen LogP contribution in [0.3, 0.4) is 0 Å². The zero-order chi connectivity index (χ0) is 21.9. The summed E-state index contributed by atoms with van der Waals surface area (Å²) in [5.74, 6) is 1.82. The van der Waals surface area contributed by atoms with Gasteiger partial charge in [0.2, 0.25) is 0 Å².